The van der Waals surface area contributed by atoms with Crippen molar-refractivity contribution in [3.8, 4) is 0 Å². The van der Waals surface area contributed by atoms with Gasteiger partial charge in [0.1, 0.15) is 6.04 Å². The van der Waals surface area contributed by atoms with E-state index in [-0.39, 0.29) is 18.3 Å². The molecule has 1 rings (SSSR count). The summed E-state index contributed by atoms with van der Waals surface area (Å²) >= 11 is 0. The molecule has 4 nitrogen and oxygen atoms in total. The highest BCUT2D eigenvalue weighted by Crippen LogP contribution is 2.22. The first-order chi connectivity index (χ1) is 6.66. The van der Waals surface area contributed by atoms with Crippen molar-refractivity contribution in [2.75, 3.05) is 20.8 Å². The molecule has 0 saturated heterocycles. The van der Waals surface area contributed by atoms with E-state index in [0.29, 0.717) is 12.6 Å². The lowest BCUT2D eigenvalue weighted by Gasteiger charge is -2.26. The first-order valence-electron chi connectivity index (χ1n) is 5.18. The molecule has 0 aromatic carbocycles. The van der Waals surface area contributed by atoms with E-state index >= 15 is 0 Å². The lowest BCUT2D eigenvalue weighted by atomic mass is 10.2. The van der Waals surface area contributed by atoms with Crippen LogP contribution in [0.5, 0.6) is 0 Å². The fourth-order valence-corrected chi connectivity index (χ4v) is 1.98. The largest absolute Gasteiger partial charge is 0.383 e. The number of rotatable bonds is 4. The van der Waals surface area contributed by atoms with Crippen molar-refractivity contribution in [3.63, 3.8) is 0 Å². The van der Waals surface area contributed by atoms with E-state index in [2.05, 4.69) is 0 Å². The molecule has 1 aliphatic rings. The number of likely N-dealkylation sites (N-methyl/N-ethyl adjacent to an activating group) is 1. The molecule has 1 atom stereocenters. The van der Waals surface area contributed by atoms with Crippen molar-refractivity contribution in [1.82, 2.24) is 4.90 Å². The van der Waals surface area contributed by atoms with E-state index in [0.717, 1.165) is 12.8 Å². The Bertz CT molecular complexity index is 196. The number of halogens is 1. The van der Waals surface area contributed by atoms with Gasteiger partial charge in [0.25, 0.3) is 0 Å². The Morgan fingerprint density at radius 1 is 1.53 bits per heavy atom. The second-order valence-electron chi connectivity index (χ2n) is 3.95. The summed E-state index contributed by atoms with van der Waals surface area (Å²) in [5, 5.41) is 0. The van der Waals surface area contributed by atoms with Gasteiger partial charge < -0.3 is 15.4 Å². The lowest BCUT2D eigenvalue weighted by molar-refractivity contribution is -0.134. The van der Waals surface area contributed by atoms with Crippen LogP contribution < -0.4 is 5.73 Å². The number of carbonyl (C=O) groups is 1. The third-order valence-corrected chi connectivity index (χ3v) is 2.88. The Morgan fingerprint density at radius 2 is 2.07 bits per heavy atom. The number of hydrogen-bond acceptors (Lipinski definition) is 3. The van der Waals surface area contributed by atoms with Gasteiger partial charge in [-0.1, -0.05) is 12.8 Å². The highest BCUT2D eigenvalue weighted by atomic mass is 35.5. The van der Waals surface area contributed by atoms with E-state index in [1.165, 1.54) is 12.8 Å². The quantitative estimate of drug-likeness (QED) is 0.785. The van der Waals surface area contributed by atoms with Crippen LogP contribution in [0.25, 0.3) is 0 Å². The molecule has 0 heterocycles. The van der Waals surface area contributed by atoms with Crippen LogP contribution in [-0.2, 0) is 9.53 Å². The van der Waals surface area contributed by atoms with Crippen LogP contribution >= 0.6 is 12.4 Å². The molecule has 0 bridgehead atoms. The number of carbonyl (C=O) groups excluding carboxylic acids is 1. The van der Waals surface area contributed by atoms with Gasteiger partial charge in [-0.15, -0.1) is 12.4 Å². The van der Waals surface area contributed by atoms with E-state index in [4.69, 9.17) is 10.5 Å². The smallest absolute Gasteiger partial charge is 0.241 e. The van der Waals surface area contributed by atoms with Crippen molar-refractivity contribution in [2.24, 2.45) is 5.73 Å². The summed E-state index contributed by atoms with van der Waals surface area (Å²) in [6, 6.07) is -0.115. The molecule has 15 heavy (non-hydrogen) atoms. The Hall–Kier alpha value is -0.320. The number of nitrogens with zero attached hydrogens (tertiary/aromatic N) is 1. The van der Waals surface area contributed by atoms with Gasteiger partial charge in [0.15, 0.2) is 0 Å². The first kappa shape index (κ1) is 14.7. The molecular weight excluding hydrogens is 216 g/mol. The Balaban J connectivity index is 0.00000196. The summed E-state index contributed by atoms with van der Waals surface area (Å²) in [4.78, 5) is 13.5. The predicted octanol–water partition coefficient (Wildman–Crippen LogP) is 0.783. The van der Waals surface area contributed by atoms with Crippen molar-refractivity contribution in [3.05, 3.63) is 0 Å². The minimum Gasteiger partial charge on any atom is -0.383 e. The second kappa shape index (κ2) is 7.04. The van der Waals surface area contributed by atoms with Crippen LogP contribution in [0, 0.1) is 0 Å². The number of nitrogens with two attached hydrogens (primary N) is 1. The van der Waals surface area contributed by atoms with Gasteiger partial charge in [-0.05, 0) is 12.8 Å². The molecular formula is C10H21ClN2O2. The first-order valence-corrected chi connectivity index (χ1v) is 5.18. The van der Waals surface area contributed by atoms with E-state index in [1.54, 1.807) is 12.0 Å². The number of methoxy groups -OCH3 is 1. The monoisotopic (exact) mass is 236 g/mol. The fourth-order valence-electron chi connectivity index (χ4n) is 1.98. The van der Waals surface area contributed by atoms with Crippen molar-refractivity contribution in [1.29, 1.82) is 0 Å². The Labute approximate surface area is 97.5 Å². The molecule has 1 unspecified atom stereocenters. The standard InChI is InChI=1S/C10H20N2O2.ClH/c1-12(8-5-3-4-6-8)10(13)9(11)7-14-2;/h8-9H,3-7,11H2,1-2H3;1H. The summed E-state index contributed by atoms with van der Waals surface area (Å²) < 4.78 is 4.87. The zero-order valence-electron chi connectivity index (χ0n) is 9.44. The highest BCUT2D eigenvalue weighted by molar-refractivity contribution is 5.85. The third kappa shape index (κ3) is 3.97. The molecule has 0 spiro atoms. The minimum atomic E-state index is -0.509. The molecule has 2 N–H and O–H groups in total. The van der Waals surface area contributed by atoms with Gasteiger partial charge >= 0.3 is 0 Å². The van der Waals surface area contributed by atoms with Gasteiger partial charge in [0.05, 0.1) is 6.61 Å². The van der Waals surface area contributed by atoms with Gasteiger partial charge in [-0.2, -0.15) is 0 Å². The van der Waals surface area contributed by atoms with Crippen molar-refractivity contribution >= 4 is 18.3 Å². The van der Waals surface area contributed by atoms with Gasteiger partial charge in [-0.3, -0.25) is 4.79 Å². The SMILES string of the molecule is COCC(N)C(=O)N(C)C1CCCC1.Cl. The average Bonchev–Trinajstić information content (AvgIpc) is 2.68. The van der Waals surface area contributed by atoms with Crippen LogP contribution in [0.2, 0.25) is 0 Å². The Morgan fingerprint density at radius 3 is 2.53 bits per heavy atom. The number of hydrogen-bond donors (Lipinski definition) is 1. The van der Waals surface area contributed by atoms with Gasteiger partial charge in [0, 0.05) is 20.2 Å². The Kier molecular flexibility index (Phi) is 6.89. The summed E-state index contributed by atoms with van der Waals surface area (Å²) in [6.45, 7) is 0.301. The summed E-state index contributed by atoms with van der Waals surface area (Å²) in [7, 11) is 3.40. The normalized spacial score (nSPS) is 18.3. The zero-order chi connectivity index (χ0) is 10.6. The van der Waals surface area contributed by atoms with Crippen LogP contribution in [0.3, 0.4) is 0 Å². The third-order valence-electron chi connectivity index (χ3n) is 2.88. The maximum atomic E-state index is 11.7. The lowest BCUT2D eigenvalue weighted by Crippen LogP contribution is -2.47. The molecule has 0 aromatic heterocycles. The average molecular weight is 237 g/mol. The minimum absolute atomic E-state index is 0. The van der Waals surface area contributed by atoms with Crippen LogP contribution in [-0.4, -0.2) is 43.7 Å². The summed E-state index contributed by atoms with van der Waals surface area (Å²) in [6.07, 6.45) is 4.67. The van der Waals surface area contributed by atoms with Crippen LogP contribution in [0.4, 0.5) is 0 Å². The van der Waals surface area contributed by atoms with E-state index < -0.39 is 6.04 Å². The van der Waals surface area contributed by atoms with E-state index in [9.17, 15) is 4.79 Å². The van der Waals surface area contributed by atoms with Gasteiger partial charge in [0.2, 0.25) is 5.91 Å². The molecule has 0 radical (unpaired) electrons. The molecule has 0 aromatic rings. The second-order valence-corrected chi connectivity index (χ2v) is 3.95. The molecule has 1 aliphatic carbocycles. The molecule has 1 amide bonds. The molecule has 0 aliphatic heterocycles. The molecule has 90 valence electrons. The number of amides is 1. The van der Waals surface area contributed by atoms with Crippen LogP contribution in [0.1, 0.15) is 25.7 Å². The molecule has 1 fully saturated rings. The van der Waals surface area contributed by atoms with E-state index in [1.807, 2.05) is 7.05 Å². The molecule has 1 saturated carbocycles. The maximum absolute atomic E-state index is 11.7. The summed E-state index contributed by atoms with van der Waals surface area (Å²) in [5.41, 5.74) is 5.68. The zero-order valence-corrected chi connectivity index (χ0v) is 10.3. The van der Waals surface area contributed by atoms with Crippen LogP contribution in [0.15, 0.2) is 0 Å². The predicted molar refractivity (Wildman–Crippen MR) is 62.1 cm³/mol. The van der Waals surface area contributed by atoms with Crippen molar-refractivity contribution < 1.29 is 9.53 Å². The highest BCUT2D eigenvalue weighted by Gasteiger charge is 2.26. The number of ether oxygens (including phenoxy) is 1. The van der Waals surface area contributed by atoms with Crippen molar-refractivity contribution in [2.45, 2.75) is 37.8 Å². The topological polar surface area (TPSA) is 55.6 Å². The summed E-state index contributed by atoms with van der Waals surface area (Å²) in [5.74, 6) is -0.00116. The van der Waals surface area contributed by atoms with Gasteiger partial charge in [-0.25, -0.2) is 0 Å². The fraction of sp³-hybridized carbons (Fsp3) is 0.900. The molecule has 5 heteroatoms. The maximum Gasteiger partial charge on any atom is 0.241 e.